The lowest BCUT2D eigenvalue weighted by Gasteiger charge is -2.17. The highest BCUT2D eigenvalue weighted by molar-refractivity contribution is 5.43. The number of aromatic nitrogens is 2. The fourth-order valence-corrected chi connectivity index (χ4v) is 1.96. The Bertz CT molecular complexity index is 408. The van der Waals surface area contributed by atoms with Gasteiger partial charge < -0.3 is 10.0 Å². The van der Waals surface area contributed by atoms with E-state index in [9.17, 15) is 9.90 Å². The fraction of sp³-hybridized carbons (Fsp3) is 0.636. The molecule has 0 spiro atoms. The van der Waals surface area contributed by atoms with Gasteiger partial charge in [0.2, 0.25) is 0 Å². The predicted octanol–water partition coefficient (Wildman–Crippen LogP) is 0.224. The second-order valence-electron chi connectivity index (χ2n) is 4.28. The summed E-state index contributed by atoms with van der Waals surface area (Å²) in [5, 5.41) is 13.3. The molecule has 88 valence electrons. The highest BCUT2D eigenvalue weighted by atomic mass is 16.3. The molecule has 1 aromatic rings. The molecule has 16 heavy (non-hydrogen) atoms. The molecule has 1 aliphatic rings. The highest BCUT2D eigenvalue weighted by Gasteiger charge is 2.13. The Balaban J connectivity index is 2.18. The summed E-state index contributed by atoms with van der Waals surface area (Å²) in [6, 6.07) is 1.60. The Morgan fingerprint density at radius 2 is 2.19 bits per heavy atom. The van der Waals surface area contributed by atoms with Gasteiger partial charge in [0, 0.05) is 19.2 Å². The second-order valence-corrected chi connectivity index (χ2v) is 4.28. The molecule has 1 N–H and O–H groups in total. The van der Waals surface area contributed by atoms with Crippen molar-refractivity contribution in [2.75, 3.05) is 18.0 Å². The Morgan fingerprint density at radius 1 is 1.50 bits per heavy atom. The lowest BCUT2D eigenvalue weighted by Crippen LogP contribution is -2.29. The molecule has 1 saturated heterocycles. The molecule has 0 aliphatic carbocycles. The molecule has 0 amide bonds. The monoisotopic (exact) mass is 223 g/mol. The summed E-state index contributed by atoms with van der Waals surface area (Å²) in [6.07, 6.45) is 3.51. The summed E-state index contributed by atoms with van der Waals surface area (Å²) in [5.74, 6) is 0. The van der Waals surface area contributed by atoms with Crippen LogP contribution in [0.15, 0.2) is 17.1 Å². The van der Waals surface area contributed by atoms with Gasteiger partial charge in [0.15, 0.2) is 0 Å². The first-order valence-electron chi connectivity index (χ1n) is 5.67. The summed E-state index contributed by atoms with van der Waals surface area (Å²) in [4.78, 5) is 13.9. The predicted molar refractivity (Wildman–Crippen MR) is 61.6 cm³/mol. The van der Waals surface area contributed by atoms with E-state index in [2.05, 4.69) is 10.00 Å². The SMILES string of the molecule is CC(O)Cn1ncc(N2CCCC2)cc1=O. The third-order valence-electron chi connectivity index (χ3n) is 2.76. The van der Waals surface area contributed by atoms with E-state index in [0.717, 1.165) is 18.8 Å². The van der Waals surface area contributed by atoms with E-state index in [1.807, 2.05) is 0 Å². The van der Waals surface area contributed by atoms with Crippen molar-refractivity contribution in [1.82, 2.24) is 9.78 Å². The number of hydrogen-bond acceptors (Lipinski definition) is 4. The van der Waals surface area contributed by atoms with Gasteiger partial charge in [0.1, 0.15) is 0 Å². The third kappa shape index (κ3) is 2.41. The minimum atomic E-state index is -0.553. The smallest absolute Gasteiger partial charge is 0.268 e. The molecule has 1 unspecified atom stereocenters. The molecule has 0 bridgehead atoms. The van der Waals surface area contributed by atoms with Gasteiger partial charge in [-0.25, -0.2) is 4.68 Å². The fourth-order valence-electron chi connectivity index (χ4n) is 1.96. The average molecular weight is 223 g/mol. The molecule has 2 rings (SSSR count). The van der Waals surface area contributed by atoms with E-state index in [1.165, 1.54) is 17.5 Å². The quantitative estimate of drug-likeness (QED) is 0.796. The average Bonchev–Trinajstić information content (AvgIpc) is 2.73. The zero-order chi connectivity index (χ0) is 11.5. The Labute approximate surface area is 94.3 Å². The van der Waals surface area contributed by atoms with Crippen molar-refractivity contribution in [2.24, 2.45) is 0 Å². The summed E-state index contributed by atoms with van der Waals surface area (Å²) in [6.45, 7) is 3.89. The van der Waals surface area contributed by atoms with Gasteiger partial charge in [-0.3, -0.25) is 4.79 Å². The van der Waals surface area contributed by atoms with Crippen molar-refractivity contribution in [2.45, 2.75) is 32.4 Å². The minimum Gasteiger partial charge on any atom is -0.391 e. The summed E-state index contributed by atoms with van der Waals surface area (Å²) < 4.78 is 1.30. The topological polar surface area (TPSA) is 58.4 Å². The maximum absolute atomic E-state index is 11.7. The lowest BCUT2D eigenvalue weighted by molar-refractivity contribution is 0.166. The van der Waals surface area contributed by atoms with Crippen molar-refractivity contribution in [3.63, 3.8) is 0 Å². The lowest BCUT2D eigenvalue weighted by atomic mass is 10.4. The molecule has 0 radical (unpaired) electrons. The van der Waals surface area contributed by atoms with Crippen LogP contribution in [-0.2, 0) is 6.54 Å². The maximum atomic E-state index is 11.7. The normalized spacial score (nSPS) is 17.8. The number of anilines is 1. The zero-order valence-electron chi connectivity index (χ0n) is 9.46. The zero-order valence-corrected chi connectivity index (χ0v) is 9.46. The molecular weight excluding hydrogens is 206 g/mol. The second kappa shape index (κ2) is 4.65. The number of hydrogen-bond donors (Lipinski definition) is 1. The van der Waals surface area contributed by atoms with E-state index < -0.39 is 6.10 Å². The highest BCUT2D eigenvalue weighted by Crippen LogP contribution is 2.16. The van der Waals surface area contributed by atoms with Gasteiger partial charge in [0.05, 0.1) is 24.5 Å². The number of aliphatic hydroxyl groups excluding tert-OH is 1. The van der Waals surface area contributed by atoms with Crippen LogP contribution in [0.5, 0.6) is 0 Å². The Morgan fingerprint density at radius 3 is 2.75 bits per heavy atom. The molecule has 0 saturated carbocycles. The third-order valence-corrected chi connectivity index (χ3v) is 2.76. The number of nitrogens with zero attached hydrogens (tertiary/aromatic N) is 3. The van der Waals surface area contributed by atoms with Gasteiger partial charge in [-0.15, -0.1) is 0 Å². The van der Waals surface area contributed by atoms with E-state index >= 15 is 0 Å². The number of aliphatic hydroxyl groups is 1. The molecule has 1 aromatic heterocycles. The largest absolute Gasteiger partial charge is 0.391 e. The summed E-state index contributed by atoms with van der Waals surface area (Å²) in [7, 11) is 0. The maximum Gasteiger partial charge on any atom is 0.268 e. The van der Waals surface area contributed by atoms with Crippen molar-refractivity contribution in [3.05, 3.63) is 22.6 Å². The first-order chi connectivity index (χ1) is 7.66. The molecule has 5 nitrogen and oxygen atoms in total. The molecule has 1 atom stereocenters. The van der Waals surface area contributed by atoms with Crippen LogP contribution in [0.2, 0.25) is 0 Å². The first kappa shape index (κ1) is 11.1. The van der Waals surface area contributed by atoms with Crippen molar-refractivity contribution < 1.29 is 5.11 Å². The van der Waals surface area contributed by atoms with Crippen molar-refractivity contribution >= 4 is 5.69 Å². The first-order valence-corrected chi connectivity index (χ1v) is 5.67. The molecule has 2 heterocycles. The standard InChI is InChI=1S/C11H17N3O2/c1-9(15)8-14-11(16)6-10(7-12-14)13-4-2-3-5-13/h6-7,9,15H,2-5,8H2,1H3. The minimum absolute atomic E-state index is 0.148. The van der Waals surface area contributed by atoms with Crippen molar-refractivity contribution in [1.29, 1.82) is 0 Å². The molecule has 1 fully saturated rings. The van der Waals surface area contributed by atoms with Crippen LogP contribution in [0.3, 0.4) is 0 Å². The van der Waals surface area contributed by atoms with Gasteiger partial charge in [-0.2, -0.15) is 5.10 Å². The van der Waals surface area contributed by atoms with Crippen LogP contribution in [0.25, 0.3) is 0 Å². The molecule has 0 aromatic carbocycles. The molecule has 1 aliphatic heterocycles. The van der Waals surface area contributed by atoms with Crippen molar-refractivity contribution in [3.8, 4) is 0 Å². The van der Waals surface area contributed by atoms with E-state index in [1.54, 1.807) is 19.2 Å². The Kier molecular flexibility index (Phi) is 3.24. The van der Waals surface area contributed by atoms with Crippen LogP contribution in [0, 0.1) is 0 Å². The van der Waals surface area contributed by atoms with Gasteiger partial charge in [-0.1, -0.05) is 0 Å². The van der Waals surface area contributed by atoms with Gasteiger partial charge in [0.25, 0.3) is 5.56 Å². The van der Waals surface area contributed by atoms with E-state index in [-0.39, 0.29) is 12.1 Å². The van der Waals surface area contributed by atoms with Gasteiger partial charge >= 0.3 is 0 Å². The Hall–Kier alpha value is -1.36. The van der Waals surface area contributed by atoms with E-state index in [4.69, 9.17) is 0 Å². The van der Waals surface area contributed by atoms with Crippen LogP contribution >= 0.6 is 0 Å². The van der Waals surface area contributed by atoms with Crippen LogP contribution < -0.4 is 10.5 Å². The molecule has 5 heteroatoms. The summed E-state index contributed by atoms with van der Waals surface area (Å²) in [5.41, 5.74) is 0.745. The van der Waals surface area contributed by atoms with Gasteiger partial charge in [-0.05, 0) is 19.8 Å². The van der Waals surface area contributed by atoms with Crippen LogP contribution in [0.1, 0.15) is 19.8 Å². The van der Waals surface area contributed by atoms with E-state index in [0.29, 0.717) is 0 Å². The van der Waals surface area contributed by atoms with Crippen LogP contribution in [0.4, 0.5) is 5.69 Å². The van der Waals surface area contributed by atoms with Crippen LogP contribution in [-0.4, -0.2) is 34.1 Å². The molecular formula is C11H17N3O2. The summed E-state index contributed by atoms with van der Waals surface area (Å²) >= 11 is 0. The number of rotatable bonds is 3.